The van der Waals surface area contributed by atoms with Crippen molar-refractivity contribution in [2.45, 2.75) is 26.5 Å². The molecule has 0 amide bonds. The molecule has 3 aromatic carbocycles. The van der Waals surface area contributed by atoms with E-state index in [1.165, 1.54) is 12.1 Å². The first-order valence-electron chi connectivity index (χ1n) is 14.7. The molecule has 4 heterocycles. The number of para-hydroxylation sites is 3. The summed E-state index contributed by atoms with van der Waals surface area (Å²) in [7, 11) is 0.159. The maximum atomic E-state index is 13.8. The topological polar surface area (TPSA) is 56.7 Å². The van der Waals surface area contributed by atoms with Gasteiger partial charge in [0, 0.05) is 48.7 Å². The van der Waals surface area contributed by atoms with E-state index in [2.05, 4.69) is 58.6 Å². The predicted molar refractivity (Wildman–Crippen MR) is 166 cm³/mol. The van der Waals surface area contributed by atoms with Crippen LogP contribution in [0.15, 0.2) is 89.5 Å². The molecule has 1 radical (unpaired) electrons. The van der Waals surface area contributed by atoms with Crippen LogP contribution in [-0.2, 0) is 27.2 Å². The van der Waals surface area contributed by atoms with Gasteiger partial charge in [0.1, 0.15) is 11.3 Å². The normalized spacial score (nSPS) is 12.7. The monoisotopic (exact) mass is 752 g/mol. The van der Waals surface area contributed by atoms with E-state index in [-0.39, 0.29) is 31.2 Å². The maximum Gasteiger partial charge on any atom is 0.141 e. The SMILES string of the molecule is Cn1c(-c2[c-]nc3oc4ccccc4c3c2)nc2ccccc21.[2H]C([2H])([2H])c1cc(-c2[c-]cccc2F)ncc1[Si](C)(C)C.[Ir]. The Bertz CT molecular complexity index is 2150. The Hall–Kier alpha value is -3.97. The quantitative estimate of drug-likeness (QED) is 0.136. The van der Waals surface area contributed by atoms with E-state index in [0.29, 0.717) is 11.4 Å². The van der Waals surface area contributed by atoms with Crippen LogP contribution >= 0.6 is 0 Å². The standard InChI is InChI=1S/C19H12N3O.C15H17FNSi.Ir/c1-22-16-8-4-3-7-15(16)21-18(22)12-10-14-13-6-2-5-9-17(13)23-19(14)20-11-12;1-11-9-14(12-7-5-6-8-13(12)16)17-10-15(11)18(2,3)4;/h2-10H,1H3;5-6,8-10H,1-4H3;/q2*-1;/i;1D3;. The van der Waals surface area contributed by atoms with Gasteiger partial charge >= 0.3 is 0 Å². The van der Waals surface area contributed by atoms with Crippen molar-refractivity contribution in [1.29, 1.82) is 0 Å². The van der Waals surface area contributed by atoms with Gasteiger partial charge in [-0.1, -0.05) is 72.7 Å². The summed E-state index contributed by atoms with van der Waals surface area (Å²) in [5.41, 5.74) is 5.14. The van der Waals surface area contributed by atoms with Gasteiger partial charge < -0.3 is 19.0 Å². The van der Waals surface area contributed by atoms with E-state index in [0.717, 1.165) is 44.0 Å². The number of rotatable bonds is 3. The second kappa shape index (κ2) is 11.7. The molecule has 0 saturated heterocycles. The van der Waals surface area contributed by atoms with Crippen molar-refractivity contribution >= 4 is 46.4 Å². The van der Waals surface area contributed by atoms with Crippen molar-refractivity contribution < 1.29 is 33.0 Å². The molecule has 0 aliphatic carbocycles. The fraction of sp³-hybridized carbons (Fsp3) is 0.147. The fourth-order valence-corrected chi connectivity index (χ4v) is 6.20. The average molecular weight is 752 g/mol. The van der Waals surface area contributed by atoms with E-state index in [1.54, 1.807) is 18.3 Å². The Balaban J connectivity index is 0.000000175. The minimum atomic E-state index is -2.24. The van der Waals surface area contributed by atoms with Crippen molar-refractivity contribution in [3.8, 4) is 22.6 Å². The van der Waals surface area contributed by atoms with Gasteiger partial charge in [-0.2, -0.15) is 0 Å². The van der Waals surface area contributed by atoms with Crippen LogP contribution in [0.4, 0.5) is 4.39 Å². The maximum absolute atomic E-state index is 13.8. The largest absolute Gasteiger partial charge is 0.483 e. The molecule has 0 aliphatic heterocycles. The number of aryl methyl sites for hydroxylation is 2. The summed E-state index contributed by atoms with van der Waals surface area (Å²) in [4.78, 5) is 13.3. The van der Waals surface area contributed by atoms with Crippen LogP contribution in [0, 0.1) is 24.9 Å². The van der Waals surface area contributed by atoms with Crippen LogP contribution in [0.5, 0.6) is 0 Å². The summed E-state index contributed by atoms with van der Waals surface area (Å²) in [6.07, 6.45) is 4.65. The van der Waals surface area contributed by atoms with E-state index in [1.807, 2.05) is 49.5 Å². The van der Waals surface area contributed by atoms with Gasteiger partial charge in [0.2, 0.25) is 0 Å². The zero-order valence-electron chi connectivity index (χ0n) is 26.5. The van der Waals surface area contributed by atoms with Crippen molar-refractivity contribution in [2.24, 2.45) is 7.05 Å². The second-order valence-electron chi connectivity index (χ2n) is 10.8. The number of hydrogen-bond acceptors (Lipinski definition) is 4. The third kappa shape index (κ3) is 5.58. The number of furan rings is 1. The van der Waals surface area contributed by atoms with Gasteiger partial charge in [-0.3, -0.25) is 9.37 Å². The third-order valence-corrected chi connectivity index (χ3v) is 9.00. The Morgan fingerprint density at radius 2 is 1.76 bits per heavy atom. The molecule has 7 aromatic rings. The van der Waals surface area contributed by atoms with Crippen LogP contribution in [0.3, 0.4) is 0 Å². The molecule has 5 nitrogen and oxygen atoms in total. The Kier molecular flexibility index (Phi) is 7.18. The van der Waals surface area contributed by atoms with E-state index in [9.17, 15) is 4.39 Å². The summed E-state index contributed by atoms with van der Waals surface area (Å²) in [6, 6.07) is 26.8. The number of pyridine rings is 2. The first kappa shape index (κ1) is 25.7. The molecule has 0 N–H and O–H groups in total. The molecule has 0 aliphatic rings. The number of nitrogens with zero attached hydrogens (tertiary/aromatic N) is 4. The molecule has 8 heteroatoms. The molecule has 0 saturated carbocycles. The Morgan fingerprint density at radius 3 is 2.52 bits per heavy atom. The molecule has 0 fully saturated rings. The van der Waals surface area contributed by atoms with E-state index >= 15 is 0 Å². The first-order valence-corrected chi connectivity index (χ1v) is 16.7. The summed E-state index contributed by atoms with van der Waals surface area (Å²) in [5.74, 6) is 0.396. The average Bonchev–Trinajstić information content (AvgIpc) is 3.54. The Morgan fingerprint density at radius 1 is 0.976 bits per heavy atom. The van der Waals surface area contributed by atoms with Crippen molar-refractivity contribution in [2.75, 3.05) is 0 Å². The first-order chi connectivity index (χ1) is 20.9. The summed E-state index contributed by atoms with van der Waals surface area (Å²) < 4.78 is 44.9. The minimum absolute atomic E-state index is 0. The van der Waals surface area contributed by atoms with Crippen molar-refractivity contribution in [1.82, 2.24) is 19.5 Å². The number of imidazole rings is 1. The molecule has 213 valence electrons. The van der Waals surface area contributed by atoms with E-state index < -0.39 is 20.7 Å². The fourth-order valence-electron chi connectivity index (χ4n) is 4.87. The second-order valence-corrected chi connectivity index (χ2v) is 15.9. The van der Waals surface area contributed by atoms with Crippen LogP contribution in [0.1, 0.15) is 9.68 Å². The molecular formula is C34H29FIrN4OSi-2. The van der Waals surface area contributed by atoms with Crippen LogP contribution in [-0.4, -0.2) is 27.6 Å². The van der Waals surface area contributed by atoms with Gasteiger partial charge in [0.25, 0.3) is 0 Å². The molecule has 0 unspecified atom stereocenters. The molecule has 0 atom stereocenters. The molecule has 0 bridgehead atoms. The van der Waals surface area contributed by atoms with Crippen molar-refractivity contribution in [3.05, 3.63) is 109 Å². The predicted octanol–water partition coefficient (Wildman–Crippen LogP) is 7.87. The Labute approximate surface area is 263 Å². The molecular weight excluding hydrogens is 720 g/mol. The number of benzene rings is 3. The minimum Gasteiger partial charge on any atom is -0.483 e. The molecule has 42 heavy (non-hydrogen) atoms. The van der Waals surface area contributed by atoms with Crippen LogP contribution in [0.2, 0.25) is 19.6 Å². The smallest absolute Gasteiger partial charge is 0.141 e. The zero-order chi connectivity index (χ0) is 31.2. The molecule has 0 spiro atoms. The van der Waals surface area contributed by atoms with E-state index in [4.69, 9.17) is 13.5 Å². The van der Waals surface area contributed by atoms with Gasteiger partial charge in [0.15, 0.2) is 0 Å². The summed E-state index contributed by atoms with van der Waals surface area (Å²) in [5, 5.41) is 2.83. The zero-order valence-corrected chi connectivity index (χ0v) is 26.9. The number of halogens is 1. The van der Waals surface area contributed by atoms with Crippen LogP contribution in [0.25, 0.3) is 55.7 Å². The number of fused-ring (bicyclic) bond motifs is 4. The number of aromatic nitrogens is 4. The van der Waals surface area contributed by atoms with Gasteiger partial charge in [0.05, 0.1) is 24.9 Å². The summed E-state index contributed by atoms with van der Waals surface area (Å²) in [6.45, 7) is 3.95. The third-order valence-electron chi connectivity index (χ3n) is 6.98. The number of hydrogen-bond donors (Lipinski definition) is 0. The van der Waals surface area contributed by atoms with Gasteiger partial charge in [-0.15, -0.1) is 30.3 Å². The van der Waals surface area contributed by atoms with Gasteiger partial charge in [-0.05, 0) is 47.5 Å². The molecule has 7 rings (SSSR count). The summed E-state index contributed by atoms with van der Waals surface area (Å²) >= 11 is 0. The van der Waals surface area contributed by atoms with Crippen molar-refractivity contribution in [3.63, 3.8) is 0 Å². The van der Waals surface area contributed by atoms with Crippen LogP contribution < -0.4 is 5.19 Å². The van der Waals surface area contributed by atoms with Gasteiger partial charge in [-0.25, -0.2) is 0 Å². The molecule has 4 aromatic heterocycles.